The van der Waals surface area contributed by atoms with E-state index in [0.29, 0.717) is 29.3 Å². The topological polar surface area (TPSA) is 124 Å². The Bertz CT molecular complexity index is 1370. The predicted molar refractivity (Wildman–Crippen MR) is 125 cm³/mol. The Kier molecular flexibility index (Phi) is 5.75. The first-order valence-electron chi connectivity index (χ1n) is 11.5. The lowest BCUT2D eigenvalue weighted by Gasteiger charge is -2.25. The van der Waals surface area contributed by atoms with Crippen molar-refractivity contribution in [2.45, 2.75) is 56.0 Å². The van der Waals surface area contributed by atoms with Crippen LogP contribution in [0.5, 0.6) is 0 Å². The number of rotatable bonds is 8. The molecule has 0 bridgehead atoms. The van der Waals surface area contributed by atoms with E-state index in [1.165, 1.54) is 12.3 Å². The number of carbonyl (C=O) groups is 1. The number of hydrogen-bond acceptors (Lipinski definition) is 6. The summed E-state index contributed by atoms with van der Waals surface area (Å²) in [6.45, 7) is 3.52. The second-order valence-corrected chi connectivity index (χ2v) is 10.7. The van der Waals surface area contributed by atoms with Crippen LogP contribution in [0.2, 0.25) is 0 Å². The highest BCUT2D eigenvalue weighted by atomic mass is 32.2. The van der Waals surface area contributed by atoms with E-state index in [9.17, 15) is 18.0 Å². The number of ether oxygens (including phenoxy) is 1. The van der Waals surface area contributed by atoms with Gasteiger partial charge in [0.1, 0.15) is 5.52 Å². The van der Waals surface area contributed by atoms with Crippen molar-refractivity contribution in [1.82, 2.24) is 19.6 Å². The Morgan fingerprint density at radius 3 is 2.76 bits per heavy atom. The van der Waals surface area contributed by atoms with Gasteiger partial charge in [0.05, 0.1) is 17.1 Å². The Balaban J connectivity index is 1.61. The van der Waals surface area contributed by atoms with Gasteiger partial charge < -0.3 is 20.0 Å². The summed E-state index contributed by atoms with van der Waals surface area (Å²) >= 11 is 0. The monoisotopic (exact) mass is 472 g/mol. The van der Waals surface area contributed by atoms with E-state index in [0.717, 1.165) is 32.2 Å². The lowest BCUT2D eigenvalue weighted by Crippen LogP contribution is -2.42. The van der Waals surface area contributed by atoms with E-state index < -0.39 is 16.0 Å². The SMILES string of the molecule is CCCOC(=O)c1c[nH]c2c(=O)[nH]c3ccc(S(=O)(=O)N(C[C@H]4CCCN4)C4CC4)cc3c12. The summed E-state index contributed by atoms with van der Waals surface area (Å²) in [6.07, 6.45) is 5.86. The minimum Gasteiger partial charge on any atom is -0.462 e. The van der Waals surface area contributed by atoms with E-state index >= 15 is 0 Å². The van der Waals surface area contributed by atoms with Crippen molar-refractivity contribution in [3.05, 3.63) is 40.3 Å². The first kappa shape index (κ1) is 22.1. The first-order valence-corrected chi connectivity index (χ1v) is 12.9. The molecule has 176 valence electrons. The van der Waals surface area contributed by atoms with E-state index in [4.69, 9.17) is 4.74 Å². The molecule has 0 unspecified atom stereocenters. The lowest BCUT2D eigenvalue weighted by molar-refractivity contribution is 0.0507. The highest BCUT2D eigenvalue weighted by Gasteiger charge is 2.39. The van der Waals surface area contributed by atoms with Crippen LogP contribution in [-0.4, -0.2) is 60.4 Å². The molecular weight excluding hydrogens is 444 g/mol. The highest BCUT2D eigenvalue weighted by Crippen LogP contribution is 2.34. The number of sulfonamides is 1. The zero-order valence-corrected chi connectivity index (χ0v) is 19.3. The summed E-state index contributed by atoms with van der Waals surface area (Å²) in [5.74, 6) is -0.546. The van der Waals surface area contributed by atoms with Gasteiger partial charge in [-0.25, -0.2) is 13.2 Å². The van der Waals surface area contributed by atoms with Crippen LogP contribution < -0.4 is 10.9 Å². The molecule has 3 N–H and O–H groups in total. The average molecular weight is 473 g/mol. The normalized spacial score (nSPS) is 19.0. The molecule has 2 aliphatic rings. The maximum absolute atomic E-state index is 13.7. The van der Waals surface area contributed by atoms with Crippen LogP contribution in [0.1, 0.15) is 49.4 Å². The van der Waals surface area contributed by atoms with E-state index in [-0.39, 0.29) is 40.2 Å². The zero-order valence-electron chi connectivity index (χ0n) is 18.5. The van der Waals surface area contributed by atoms with Crippen LogP contribution in [0.4, 0.5) is 0 Å². The van der Waals surface area contributed by atoms with Crippen LogP contribution in [0.25, 0.3) is 21.8 Å². The number of carbonyl (C=O) groups excluding carboxylic acids is 1. The average Bonchev–Trinajstić information content (AvgIpc) is 3.31. The molecule has 3 aromatic rings. The van der Waals surface area contributed by atoms with Gasteiger partial charge in [-0.15, -0.1) is 0 Å². The third kappa shape index (κ3) is 4.07. The third-order valence-electron chi connectivity index (χ3n) is 6.40. The highest BCUT2D eigenvalue weighted by molar-refractivity contribution is 7.89. The Morgan fingerprint density at radius 1 is 1.24 bits per heavy atom. The van der Waals surface area contributed by atoms with Crippen LogP contribution in [0.15, 0.2) is 34.1 Å². The van der Waals surface area contributed by atoms with Gasteiger partial charge in [0, 0.05) is 41.1 Å². The number of esters is 1. The number of nitrogens with zero attached hydrogens (tertiary/aromatic N) is 1. The summed E-state index contributed by atoms with van der Waals surface area (Å²) < 4.78 is 34.2. The molecule has 33 heavy (non-hydrogen) atoms. The fraction of sp³-hybridized carbons (Fsp3) is 0.478. The molecule has 10 heteroatoms. The van der Waals surface area contributed by atoms with E-state index in [2.05, 4.69) is 15.3 Å². The second kappa shape index (κ2) is 8.58. The van der Waals surface area contributed by atoms with Crippen molar-refractivity contribution in [2.24, 2.45) is 0 Å². The zero-order chi connectivity index (χ0) is 23.2. The molecule has 1 saturated heterocycles. The Morgan fingerprint density at radius 2 is 2.06 bits per heavy atom. The number of nitrogens with one attached hydrogen (secondary N) is 3. The number of aromatic amines is 2. The van der Waals surface area contributed by atoms with Crippen LogP contribution in [0, 0.1) is 0 Å². The molecule has 9 nitrogen and oxygen atoms in total. The van der Waals surface area contributed by atoms with E-state index in [1.807, 2.05) is 6.92 Å². The summed E-state index contributed by atoms with van der Waals surface area (Å²) in [4.78, 5) is 31.0. The van der Waals surface area contributed by atoms with Crippen molar-refractivity contribution in [1.29, 1.82) is 0 Å². The number of fused-ring (bicyclic) bond motifs is 3. The van der Waals surface area contributed by atoms with Crippen LogP contribution in [0.3, 0.4) is 0 Å². The third-order valence-corrected chi connectivity index (χ3v) is 8.31. The molecule has 1 atom stereocenters. The second-order valence-electron chi connectivity index (χ2n) is 8.85. The van der Waals surface area contributed by atoms with Gasteiger partial charge in [-0.3, -0.25) is 4.79 Å². The fourth-order valence-corrected chi connectivity index (χ4v) is 6.33. The van der Waals surface area contributed by atoms with Gasteiger partial charge in [-0.1, -0.05) is 6.92 Å². The molecule has 2 aromatic heterocycles. The molecule has 2 fully saturated rings. The summed E-state index contributed by atoms with van der Waals surface area (Å²) in [6, 6.07) is 4.86. The lowest BCUT2D eigenvalue weighted by atomic mass is 10.1. The van der Waals surface area contributed by atoms with Crippen LogP contribution in [-0.2, 0) is 14.8 Å². The van der Waals surface area contributed by atoms with E-state index in [1.54, 1.807) is 16.4 Å². The molecule has 0 amide bonds. The molecule has 3 heterocycles. The Hall–Kier alpha value is -2.69. The summed E-state index contributed by atoms with van der Waals surface area (Å²) in [5, 5.41) is 4.25. The smallest absolute Gasteiger partial charge is 0.340 e. The molecule has 1 aliphatic carbocycles. The van der Waals surface area contributed by atoms with Gasteiger partial charge in [0.15, 0.2) is 0 Å². The van der Waals surface area contributed by atoms with Crippen molar-refractivity contribution >= 4 is 37.8 Å². The number of pyridine rings is 1. The molecule has 1 saturated carbocycles. The number of H-pyrrole nitrogens is 2. The van der Waals surface area contributed by atoms with Crippen molar-refractivity contribution in [3.63, 3.8) is 0 Å². The van der Waals surface area contributed by atoms with Crippen LogP contribution >= 0.6 is 0 Å². The van der Waals surface area contributed by atoms with Crippen molar-refractivity contribution in [2.75, 3.05) is 19.7 Å². The van der Waals surface area contributed by atoms with Gasteiger partial charge in [0.25, 0.3) is 5.56 Å². The molecule has 1 aromatic carbocycles. The minimum atomic E-state index is -3.75. The first-order chi connectivity index (χ1) is 15.9. The van der Waals surface area contributed by atoms with Gasteiger partial charge in [-0.2, -0.15) is 4.31 Å². The summed E-state index contributed by atoms with van der Waals surface area (Å²) in [5.41, 5.74) is 0.522. The van der Waals surface area contributed by atoms with Crippen molar-refractivity contribution in [3.8, 4) is 0 Å². The molecular formula is C23H28N4O5S. The molecule has 0 radical (unpaired) electrons. The van der Waals surface area contributed by atoms with Gasteiger partial charge in [-0.05, 0) is 56.8 Å². The molecule has 1 aliphatic heterocycles. The standard InChI is InChI=1S/C23H28N4O5S/c1-2-10-32-23(29)18-12-25-21-20(18)17-11-16(7-8-19(17)26-22(21)28)33(30,31)27(15-5-6-15)13-14-4-3-9-24-14/h7-8,11-12,14-15,24-25H,2-6,9-10,13H2,1H3,(H,26,28)/t14-/m1/s1. The predicted octanol–water partition coefficient (Wildman–Crippen LogP) is 2.48. The Labute approximate surface area is 191 Å². The maximum atomic E-state index is 13.7. The van der Waals surface area contributed by atoms with Gasteiger partial charge >= 0.3 is 5.97 Å². The summed E-state index contributed by atoms with van der Waals surface area (Å²) in [7, 11) is -3.75. The van der Waals surface area contributed by atoms with Crippen molar-refractivity contribution < 1.29 is 17.9 Å². The number of benzene rings is 1. The minimum absolute atomic E-state index is 0.0236. The largest absolute Gasteiger partial charge is 0.462 e. The van der Waals surface area contributed by atoms with Gasteiger partial charge in [0.2, 0.25) is 10.0 Å². The number of hydrogen-bond donors (Lipinski definition) is 3. The molecule has 0 spiro atoms. The fourth-order valence-electron chi connectivity index (χ4n) is 4.57. The quantitative estimate of drug-likeness (QED) is 0.433. The number of aromatic nitrogens is 2. The molecule has 5 rings (SSSR count). The maximum Gasteiger partial charge on any atom is 0.340 e.